The van der Waals surface area contributed by atoms with E-state index >= 15 is 0 Å². The maximum Gasteiger partial charge on any atom is 0.256 e. The van der Waals surface area contributed by atoms with Crippen LogP contribution >= 0.6 is 0 Å². The van der Waals surface area contributed by atoms with Crippen LogP contribution < -0.4 is 15.4 Å². The van der Waals surface area contributed by atoms with Gasteiger partial charge in [0.05, 0.1) is 5.56 Å². The highest BCUT2D eigenvalue weighted by Crippen LogP contribution is 2.21. The Balaban J connectivity index is 1.77. The third-order valence-electron chi connectivity index (χ3n) is 4.24. The zero-order valence-corrected chi connectivity index (χ0v) is 14.1. The predicted octanol–water partition coefficient (Wildman–Crippen LogP) is 2.30. The van der Waals surface area contributed by atoms with Crippen LogP contribution in [0.25, 0.3) is 0 Å². The molecule has 1 aliphatic rings. The molecule has 25 heavy (non-hydrogen) atoms. The zero-order chi connectivity index (χ0) is 17.6. The number of nitrogens with zero attached hydrogens (tertiary/aromatic N) is 1. The SMILES string of the molecule is CNC(=O)c1cc(C(=O)NC2CCC2)cnc1OCc1ccccc1. The van der Waals surface area contributed by atoms with Gasteiger partial charge in [0.2, 0.25) is 5.88 Å². The largest absolute Gasteiger partial charge is 0.472 e. The molecule has 6 heteroatoms. The van der Waals surface area contributed by atoms with Crippen LogP contribution in [-0.4, -0.2) is 29.9 Å². The van der Waals surface area contributed by atoms with E-state index in [9.17, 15) is 9.59 Å². The first-order chi connectivity index (χ1) is 12.2. The number of pyridine rings is 1. The van der Waals surface area contributed by atoms with Crippen molar-refractivity contribution < 1.29 is 14.3 Å². The molecule has 0 bridgehead atoms. The van der Waals surface area contributed by atoms with E-state index in [0.29, 0.717) is 12.2 Å². The van der Waals surface area contributed by atoms with Crippen LogP contribution in [0.3, 0.4) is 0 Å². The standard InChI is InChI=1S/C19H21N3O3/c1-20-18(24)16-10-14(17(23)22-15-8-5-9-15)11-21-19(16)25-12-13-6-3-2-4-7-13/h2-4,6-7,10-11,15H,5,8-9,12H2,1H3,(H,20,24)(H,22,23). The van der Waals surface area contributed by atoms with Crippen LogP contribution in [0.15, 0.2) is 42.6 Å². The van der Waals surface area contributed by atoms with Gasteiger partial charge in [-0.1, -0.05) is 30.3 Å². The molecular weight excluding hydrogens is 318 g/mol. The van der Waals surface area contributed by atoms with Crippen LogP contribution in [0, 0.1) is 0 Å². The quantitative estimate of drug-likeness (QED) is 0.846. The maximum absolute atomic E-state index is 12.3. The number of nitrogens with one attached hydrogen (secondary N) is 2. The Morgan fingerprint density at radius 2 is 1.96 bits per heavy atom. The summed E-state index contributed by atoms with van der Waals surface area (Å²) in [5.74, 6) is -0.339. The van der Waals surface area contributed by atoms with E-state index < -0.39 is 0 Å². The van der Waals surface area contributed by atoms with Crippen molar-refractivity contribution in [3.05, 3.63) is 59.3 Å². The number of aromatic nitrogens is 1. The highest BCUT2D eigenvalue weighted by atomic mass is 16.5. The van der Waals surface area contributed by atoms with Gasteiger partial charge in [0.15, 0.2) is 0 Å². The van der Waals surface area contributed by atoms with Crippen LogP contribution in [0.5, 0.6) is 5.88 Å². The highest BCUT2D eigenvalue weighted by Gasteiger charge is 2.22. The highest BCUT2D eigenvalue weighted by molar-refractivity contribution is 6.00. The summed E-state index contributed by atoms with van der Waals surface area (Å²) < 4.78 is 5.69. The number of ether oxygens (including phenoxy) is 1. The van der Waals surface area contributed by atoms with Gasteiger partial charge in [0, 0.05) is 19.3 Å². The molecule has 0 spiro atoms. The fourth-order valence-corrected chi connectivity index (χ4v) is 2.54. The molecule has 1 aromatic heterocycles. The molecule has 1 aromatic carbocycles. The van der Waals surface area contributed by atoms with E-state index in [1.807, 2.05) is 30.3 Å². The molecule has 1 heterocycles. The number of benzene rings is 1. The second kappa shape index (κ2) is 7.79. The van der Waals surface area contributed by atoms with Crippen molar-refractivity contribution in [2.24, 2.45) is 0 Å². The lowest BCUT2D eigenvalue weighted by Gasteiger charge is -2.26. The molecule has 2 N–H and O–H groups in total. The average molecular weight is 339 g/mol. The monoisotopic (exact) mass is 339 g/mol. The van der Waals surface area contributed by atoms with Crippen molar-refractivity contribution in [1.29, 1.82) is 0 Å². The van der Waals surface area contributed by atoms with E-state index in [-0.39, 0.29) is 29.3 Å². The summed E-state index contributed by atoms with van der Waals surface area (Å²) in [6, 6.07) is 11.4. The Kier molecular flexibility index (Phi) is 5.28. The molecule has 1 aliphatic carbocycles. The van der Waals surface area contributed by atoms with E-state index in [1.54, 1.807) is 0 Å². The minimum absolute atomic E-state index is 0.211. The molecule has 6 nitrogen and oxygen atoms in total. The summed E-state index contributed by atoms with van der Waals surface area (Å²) >= 11 is 0. The van der Waals surface area contributed by atoms with E-state index in [0.717, 1.165) is 24.8 Å². The molecule has 2 aromatic rings. The molecule has 0 saturated heterocycles. The van der Waals surface area contributed by atoms with E-state index in [1.165, 1.54) is 19.3 Å². The molecule has 0 aliphatic heterocycles. The molecule has 130 valence electrons. The molecule has 0 atom stereocenters. The minimum atomic E-state index is -0.339. The van der Waals surface area contributed by atoms with Crippen LogP contribution in [0.2, 0.25) is 0 Å². The Hall–Kier alpha value is -2.89. The van der Waals surface area contributed by atoms with Crippen molar-refractivity contribution in [2.45, 2.75) is 31.9 Å². The third-order valence-corrected chi connectivity index (χ3v) is 4.24. The first-order valence-corrected chi connectivity index (χ1v) is 8.37. The second-order valence-corrected chi connectivity index (χ2v) is 6.03. The lowest BCUT2D eigenvalue weighted by atomic mass is 9.93. The third kappa shape index (κ3) is 4.15. The predicted molar refractivity (Wildman–Crippen MR) is 93.5 cm³/mol. The van der Waals surface area contributed by atoms with Gasteiger partial charge in [-0.25, -0.2) is 4.98 Å². The molecule has 3 rings (SSSR count). The lowest BCUT2D eigenvalue weighted by Crippen LogP contribution is -2.39. The van der Waals surface area contributed by atoms with Gasteiger partial charge in [-0.05, 0) is 30.9 Å². The van der Waals surface area contributed by atoms with E-state index in [2.05, 4.69) is 15.6 Å². The van der Waals surface area contributed by atoms with Gasteiger partial charge in [-0.15, -0.1) is 0 Å². The number of rotatable bonds is 6. The summed E-state index contributed by atoms with van der Waals surface area (Å²) in [5.41, 5.74) is 1.58. The average Bonchev–Trinajstić information content (AvgIpc) is 2.63. The minimum Gasteiger partial charge on any atom is -0.472 e. The smallest absolute Gasteiger partial charge is 0.256 e. The number of carbonyl (C=O) groups excluding carboxylic acids is 2. The van der Waals surface area contributed by atoms with Crippen molar-refractivity contribution in [1.82, 2.24) is 15.6 Å². The summed E-state index contributed by atoms with van der Waals surface area (Å²) in [6.45, 7) is 0.297. The van der Waals surface area contributed by atoms with Gasteiger partial charge >= 0.3 is 0 Å². The molecule has 1 saturated carbocycles. The summed E-state index contributed by atoms with van der Waals surface area (Å²) in [6.07, 6.45) is 4.58. The number of hydrogen-bond acceptors (Lipinski definition) is 4. The van der Waals surface area contributed by atoms with Gasteiger partial charge < -0.3 is 15.4 Å². The van der Waals surface area contributed by atoms with Crippen LogP contribution in [-0.2, 0) is 6.61 Å². The fraction of sp³-hybridized carbons (Fsp3) is 0.316. The second-order valence-electron chi connectivity index (χ2n) is 6.03. The van der Waals surface area contributed by atoms with E-state index in [4.69, 9.17) is 4.74 Å². The fourth-order valence-electron chi connectivity index (χ4n) is 2.54. The van der Waals surface area contributed by atoms with Crippen molar-refractivity contribution in [2.75, 3.05) is 7.05 Å². The summed E-state index contributed by atoms with van der Waals surface area (Å²) in [7, 11) is 1.53. The van der Waals surface area contributed by atoms with Crippen molar-refractivity contribution in [3.8, 4) is 5.88 Å². The van der Waals surface area contributed by atoms with Gasteiger partial charge in [-0.2, -0.15) is 0 Å². The van der Waals surface area contributed by atoms with Gasteiger partial charge in [-0.3, -0.25) is 9.59 Å². The molecular formula is C19H21N3O3. The summed E-state index contributed by atoms with van der Waals surface area (Å²) in [5, 5.41) is 5.50. The first kappa shape index (κ1) is 17.0. The van der Waals surface area contributed by atoms with Crippen LogP contribution in [0.1, 0.15) is 45.5 Å². The first-order valence-electron chi connectivity index (χ1n) is 8.37. The molecule has 2 amide bonds. The van der Waals surface area contributed by atoms with Crippen molar-refractivity contribution >= 4 is 11.8 Å². The molecule has 0 radical (unpaired) electrons. The van der Waals surface area contributed by atoms with Crippen molar-refractivity contribution in [3.63, 3.8) is 0 Å². The Morgan fingerprint density at radius 3 is 2.60 bits per heavy atom. The molecule has 1 fully saturated rings. The molecule has 0 unspecified atom stereocenters. The zero-order valence-electron chi connectivity index (χ0n) is 14.1. The Morgan fingerprint density at radius 1 is 1.20 bits per heavy atom. The normalized spacial score (nSPS) is 13.6. The Labute approximate surface area is 146 Å². The van der Waals surface area contributed by atoms with Crippen LogP contribution in [0.4, 0.5) is 0 Å². The topological polar surface area (TPSA) is 80.3 Å². The summed E-state index contributed by atoms with van der Waals surface area (Å²) in [4.78, 5) is 28.6. The Bertz CT molecular complexity index is 758. The maximum atomic E-state index is 12.3. The number of amides is 2. The number of hydrogen-bond donors (Lipinski definition) is 2. The van der Waals surface area contributed by atoms with Gasteiger partial charge in [0.25, 0.3) is 11.8 Å². The number of carbonyl (C=O) groups is 2. The van der Waals surface area contributed by atoms with Gasteiger partial charge in [0.1, 0.15) is 12.2 Å². The lowest BCUT2D eigenvalue weighted by molar-refractivity contribution is 0.0916.